The van der Waals surface area contributed by atoms with Gasteiger partial charge in [0.2, 0.25) is 5.56 Å². The first-order chi connectivity index (χ1) is 8.56. The van der Waals surface area contributed by atoms with Crippen LogP contribution in [0.15, 0.2) is 47.4 Å². The zero-order valence-electron chi connectivity index (χ0n) is 10.4. The Morgan fingerprint density at radius 3 is 2.44 bits per heavy atom. The number of aryl methyl sites for hydroxylation is 1. The molecule has 2 aromatic rings. The molecule has 0 bridgehead atoms. The van der Waals surface area contributed by atoms with Gasteiger partial charge in [0.1, 0.15) is 0 Å². The summed E-state index contributed by atoms with van der Waals surface area (Å²) in [6.07, 6.45) is 1.79. The van der Waals surface area contributed by atoms with Gasteiger partial charge in [-0.05, 0) is 30.7 Å². The van der Waals surface area contributed by atoms with Crippen molar-refractivity contribution in [1.29, 1.82) is 0 Å². The molecule has 94 valence electrons. The van der Waals surface area contributed by atoms with Crippen LogP contribution in [-0.2, 0) is 7.05 Å². The molecule has 0 radical (unpaired) electrons. The van der Waals surface area contributed by atoms with E-state index in [9.17, 15) is 4.79 Å². The van der Waals surface area contributed by atoms with Gasteiger partial charge in [-0.15, -0.1) is 0 Å². The number of hydrogen-bond acceptors (Lipinski definition) is 2. The molecule has 0 saturated heterocycles. The van der Waals surface area contributed by atoms with Crippen molar-refractivity contribution in [2.75, 3.05) is 5.32 Å². The highest BCUT2D eigenvalue weighted by Gasteiger charge is 2.05. The Bertz CT molecular complexity index is 589. The van der Waals surface area contributed by atoms with Crippen LogP contribution in [0, 0.1) is 0 Å². The maximum Gasteiger partial charge on any atom is 0.250 e. The topological polar surface area (TPSA) is 34.0 Å². The Morgan fingerprint density at radius 1 is 1.17 bits per heavy atom. The average Bonchev–Trinajstić information content (AvgIpc) is 2.34. The zero-order valence-corrected chi connectivity index (χ0v) is 11.1. The highest BCUT2D eigenvalue weighted by atomic mass is 35.5. The predicted molar refractivity (Wildman–Crippen MR) is 75.2 cm³/mol. The van der Waals surface area contributed by atoms with Crippen molar-refractivity contribution in [2.45, 2.75) is 13.0 Å². The van der Waals surface area contributed by atoms with E-state index in [1.54, 1.807) is 29.9 Å². The molecule has 1 unspecified atom stereocenters. The summed E-state index contributed by atoms with van der Waals surface area (Å²) in [5.74, 6) is 0. The van der Waals surface area contributed by atoms with Gasteiger partial charge in [0, 0.05) is 30.4 Å². The van der Waals surface area contributed by atoms with E-state index in [-0.39, 0.29) is 11.6 Å². The molecule has 3 nitrogen and oxygen atoms in total. The fraction of sp³-hybridized carbons (Fsp3) is 0.214. The number of nitrogens with zero attached hydrogens (tertiary/aromatic N) is 1. The largest absolute Gasteiger partial charge is 0.377 e. The normalized spacial score (nSPS) is 12.2. The van der Waals surface area contributed by atoms with Crippen LogP contribution in [0.3, 0.4) is 0 Å². The van der Waals surface area contributed by atoms with Crippen molar-refractivity contribution in [2.24, 2.45) is 7.05 Å². The Kier molecular flexibility index (Phi) is 3.72. The summed E-state index contributed by atoms with van der Waals surface area (Å²) in [6, 6.07) is 11.2. The molecular formula is C14H15ClN2O. The second kappa shape index (κ2) is 5.27. The molecule has 1 atom stereocenters. The lowest BCUT2D eigenvalue weighted by molar-refractivity contribution is 0.840. The fourth-order valence-corrected chi connectivity index (χ4v) is 1.89. The molecule has 1 aromatic heterocycles. The van der Waals surface area contributed by atoms with Gasteiger partial charge in [0.15, 0.2) is 0 Å². The molecule has 0 saturated carbocycles. The summed E-state index contributed by atoms with van der Waals surface area (Å²) in [5.41, 5.74) is 2.05. The van der Waals surface area contributed by atoms with E-state index in [2.05, 4.69) is 12.2 Å². The van der Waals surface area contributed by atoms with E-state index < -0.39 is 0 Å². The van der Waals surface area contributed by atoms with E-state index in [0.29, 0.717) is 0 Å². The van der Waals surface area contributed by atoms with E-state index in [1.165, 1.54) is 0 Å². The van der Waals surface area contributed by atoms with Crippen LogP contribution in [0.1, 0.15) is 18.5 Å². The average molecular weight is 263 g/mol. The van der Waals surface area contributed by atoms with Crippen molar-refractivity contribution < 1.29 is 0 Å². The Morgan fingerprint density at radius 2 is 1.83 bits per heavy atom. The minimum atomic E-state index is -0.0142. The van der Waals surface area contributed by atoms with Crippen molar-refractivity contribution in [1.82, 2.24) is 4.57 Å². The smallest absolute Gasteiger partial charge is 0.250 e. The maximum absolute atomic E-state index is 11.3. The molecule has 1 N–H and O–H groups in total. The molecule has 18 heavy (non-hydrogen) atoms. The minimum Gasteiger partial charge on any atom is -0.377 e. The maximum atomic E-state index is 11.3. The van der Waals surface area contributed by atoms with Gasteiger partial charge in [-0.25, -0.2) is 0 Å². The van der Waals surface area contributed by atoms with E-state index >= 15 is 0 Å². The van der Waals surface area contributed by atoms with Gasteiger partial charge in [0.05, 0.1) is 5.69 Å². The van der Waals surface area contributed by atoms with Crippen LogP contribution in [0.2, 0.25) is 5.02 Å². The summed E-state index contributed by atoms with van der Waals surface area (Å²) in [5, 5.41) is 4.07. The Hall–Kier alpha value is -1.74. The first-order valence-electron chi connectivity index (χ1n) is 5.75. The van der Waals surface area contributed by atoms with Crippen LogP contribution >= 0.6 is 11.6 Å². The first-order valence-corrected chi connectivity index (χ1v) is 6.13. The Balaban J connectivity index is 2.15. The summed E-state index contributed by atoms with van der Waals surface area (Å²) >= 11 is 5.86. The highest BCUT2D eigenvalue weighted by molar-refractivity contribution is 6.30. The number of nitrogens with one attached hydrogen (secondary N) is 1. The fourth-order valence-electron chi connectivity index (χ4n) is 1.76. The molecule has 0 aliphatic carbocycles. The number of pyridine rings is 1. The van der Waals surface area contributed by atoms with Gasteiger partial charge in [-0.3, -0.25) is 4.79 Å². The standard InChI is InChI=1S/C14H15ClN2O/c1-10(11-3-5-12(15)6-4-11)16-13-7-8-14(18)17(2)9-13/h3-10,16H,1-2H3. The molecule has 0 spiro atoms. The van der Waals surface area contributed by atoms with Crippen LogP contribution in [0.25, 0.3) is 0 Å². The zero-order chi connectivity index (χ0) is 13.1. The third kappa shape index (κ3) is 2.93. The third-order valence-electron chi connectivity index (χ3n) is 2.84. The molecule has 0 aliphatic heterocycles. The highest BCUT2D eigenvalue weighted by Crippen LogP contribution is 2.20. The Labute approximate surface area is 111 Å². The molecule has 1 aromatic carbocycles. The van der Waals surface area contributed by atoms with Crippen LogP contribution in [0.4, 0.5) is 5.69 Å². The molecule has 0 amide bonds. The summed E-state index contributed by atoms with van der Waals surface area (Å²) in [4.78, 5) is 11.3. The third-order valence-corrected chi connectivity index (χ3v) is 3.09. The molecule has 0 aliphatic rings. The van der Waals surface area contributed by atoms with Gasteiger partial charge < -0.3 is 9.88 Å². The van der Waals surface area contributed by atoms with Gasteiger partial charge in [-0.2, -0.15) is 0 Å². The van der Waals surface area contributed by atoms with Crippen molar-refractivity contribution >= 4 is 17.3 Å². The lowest BCUT2D eigenvalue weighted by Crippen LogP contribution is -2.16. The molecule has 4 heteroatoms. The molecule has 1 heterocycles. The number of hydrogen-bond donors (Lipinski definition) is 1. The number of rotatable bonds is 3. The first kappa shape index (κ1) is 12.7. The number of anilines is 1. The second-order valence-corrected chi connectivity index (χ2v) is 4.72. The van der Waals surface area contributed by atoms with Gasteiger partial charge >= 0.3 is 0 Å². The van der Waals surface area contributed by atoms with Crippen molar-refractivity contribution in [3.63, 3.8) is 0 Å². The summed E-state index contributed by atoms with van der Waals surface area (Å²) < 4.78 is 1.55. The summed E-state index contributed by atoms with van der Waals surface area (Å²) in [6.45, 7) is 2.06. The SMILES string of the molecule is CC(Nc1ccc(=O)n(C)c1)c1ccc(Cl)cc1. The van der Waals surface area contributed by atoms with E-state index in [4.69, 9.17) is 11.6 Å². The second-order valence-electron chi connectivity index (χ2n) is 4.28. The minimum absolute atomic E-state index is 0.0142. The lowest BCUT2D eigenvalue weighted by atomic mass is 10.1. The van der Waals surface area contributed by atoms with Gasteiger partial charge in [-0.1, -0.05) is 23.7 Å². The van der Waals surface area contributed by atoms with E-state index in [0.717, 1.165) is 16.3 Å². The predicted octanol–water partition coefficient (Wildman–Crippen LogP) is 3.21. The van der Waals surface area contributed by atoms with Crippen molar-refractivity contribution in [3.8, 4) is 0 Å². The lowest BCUT2D eigenvalue weighted by Gasteiger charge is -2.16. The van der Waals surface area contributed by atoms with Gasteiger partial charge in [0.25, 0.3) is 0 Å². The van der Waals surface area contributed by atoms with Crippen LogP contribution in [0.5, 0.6) is 0 Å². The number of benzene rings is 1. The molecule has 0 fully saturated rings. The number of aromatic nitrogens is 1. The van der Waals surface area contributed by atoms with Crippen LogP contribution in [-0.4, -0.2) is 4.57 Å². The van der Waals surface area contributed by atoms with E-state index in [1.807, 2.05) is 24.3 Å². The molecule has 2 rings (SSSR count). The monoisotopic (exact) mass is 262 g/mol. The van der Waals surface area contributed by atoms with Crippen LogP contribution < -0.4 is 10.9 Å². The van der Waals surface area contributed by atoms with Crippen molar-refractivity contribution in [3.05, 3.63) is 63.5 Å². The number of halogens is 1. The molecular weight excluding hydrogens is 248 g/mol. The quantitative estimate of drug-likeness (QED) is 0.922. The summed E-state index contributed by atoms with van der Waals surface area (Å²) in [7, 11) is 1.74.